The van der Waals surface area contributed by atoms with Gasteiger partial charge in [-0.2, -0.15) is 0 Å². The summed E-state index contributed by atoms with van der Waals surface area (Å²) < 4.78 is 24.3. The van der Waals surface area contributed by atoms with Crippen molar-refractivity contribution in [3.05, 3.63) is 95.3 Å². The first kappa shape index (κ1) is 19.4. The summed E-state index contributed by atoms with van der Waals surface area (Å²) in [5.74, 6) is 0.358. The van der Waals surface area contributed by atoms with Gasteiger partial charge in [-0.15, -0.1) is 0 Å². The van der Waals surface area contributed by atoms with Crippen LogP contribution in [0.3, 0.4) is 0 Å². The lowest BCUT2D eigenvalue weighted by molar-refractivity contribution is -0.120. The number of methoxy groups -OCH3 is 1. The van der Waals surface area contributed by atoms with E-state index in [0.717, 1.165) is 16.9 Å². The largest absolute Gasteiger partial charge is 0.494 e. The highest BCUT2D eigenvalue weighted by Gasteiger charge is 2.08. The fraction of sp³-hybridized carbons (Fsp3) is 0.174. The molecule has 0 aliphatic rings. The Kier molecular flexibility index (Phi) is 6.63. The number of hydrogen-bond donors (Lipinski definition) is 1. The van der Waals surface area contributed by atoms with Crippen LogP contribution < -0.4 is 14.8 Å². The number of benzene rings is 3. The van der Waals surface area contributed by atoms with Gasteiger partial charge in [0.15, 0.2) is 11.6 Å². The van der Waals surface area contributed by atoms with Crippen molar-refractivity contribution in [1.29, 1.82) is 0 Å². The fourth-order valence-electron chi connectivity index (χ4n) is 2.71. The van der Waals surface area contributed by atoms with Gasteiger partial charge >= 0.3 is 0 Å². The third kappa shape index (κ3) is 5.58. The molecule has 3 rings (SSSR count). The minimum absolute atomic E-state index is 0.115. The molecule has 0 heterocycles. The second-order valence-corrected chi connectivity index (χ2v) is 6.34. The quantitative estimate of drug-likeness (QED) is 0.636. The maximum Gasteiger partial charge on any atom is 0.224 e. The lowest BCUT2D eigenvalue weighted by Crippen LogP contribution is -2.24. The van der Waals surface area contributed by atoms with Gasteiger partial charge in [0, 0.05) is 6.54 Å². The Morgan fingerprint density at radius 2 is 1.61 bits per heavy atom. The van der Waals surface area contributed by atoms with E-state index in [1.165, 1.54) is 19.2 Å². The molecule has 0 aliphatic heterocycles. The van der Waals surface area contributed by atoms with E-state index < -0.39 is 5.82 Å². The SMILES string of the molecule is COc1ccc(CC(=O)NCc2ccc(COc3ccccc3)cc2)cc1F. The van der Waals surface area contributed by atoms with Crippen molar-refractivity contribution >= 4 is 5.91 Å². The van der Waals surface area contributed by atoms with Crippen molar-refractivity contribution < 1.29 is 18.7 Å². The van der Waals surface area contributed by atoms with Crippen LogP contribution in [0.5, 0.6) is 11.5 Å². The smallest absolute Gasteiger partial charge is 0.224 e. The van der Waals surface area contributed by atoms with Gasteiger partial charge in [-0.25, -0.2) is 4.39 Å². The van der Waals surface area contributed by atoms with Gasteiger partial charge in [-0.1, -0.05) is 48.5 Å². The normalized spacial score (nSPS) is 10.4. The first-order valence-electron chi connectivity index (χ1n) is 8.99. The van der Waals surface area contributed by atoms with Gasteiger partial charge < -0.3 is 14.8 Å². The monoisotopic (exact) mass is 379 g/mol. The summed E-state index contributed by atoms with van der Waals surface area (Å²) in [6, 6.07) is 22.0. The molecule has 0 aliphatic carbocycles. The molecule has 144 valence electrons. The van der Waals surface area contributed by atoms with Gasteiger partial charge in [0.1, 0.15) is 12.4 Å². The Morgan fingerprint density at radius 1 is 0.929 bits per heavy atom. The van der Waals surface area contributed by atoms with E-state index in [2.05, 4.69) is 5.32 Å². The second kappa shape index (κ2) is 9.55. The highest BCUT2D eigenvalue weighted by molar-refractivity contribution is 5.78. The van der Waals surface area contributed by atoms with Gasteiger partial charge in [0.2, 0.25) is 5.91 Å². The van der Waals surface area contributed by atoms with Gasteiger partial charge in [-0.3, -0.25) is 4.79 Å². The standard InChI is InChI=1S/C23H22FNO3/c1-27-22-12-11-19(13-21(22)24)14-23(26)25-15-17-7-9-18(10-8-17)16-28-20-5-3-2-4-6-20/h2-13H,14-16H2,1H3,(H,25,26). The lowest BCUT2D eigenvalue weighted by Gasteiger charge is -2.09. The number of halogens is 1. The molecule has 28 heavy (non-hydrogen) atoms. The molecule has 5 heteroatoms. The summed E-state index contributed by atoms with van der Waals surface area (Å²) in [7, 11) is 1.41. The minimum Gasteiger partial charge on any atom is -0.494 e. The number of para-hydroxylation sites is 1. The zero-order valence-electron chi connectivity index (χ0n) is 15.7. The molecule has 0 saturated carbocycles. The molecule has 0 aromatic heterocycles. The highest BCUT2D eigenvalue weighted by atomic mass is 19.1. The molecule has 0 atom stereocenters. The molecule has 0 fully saturated rings. The van der Waals surface area contributed by atoms with Crippen molar-refractivity contribution in [2.75, 3.05) is 7.11 Å². The number of amides is 1. The number of rotatable bonds is 8. The molecule has 0 radical (unpaired) electrons. The molecule has 1 amide bonds. The molecule has 0 unspecified atom stereocenters. The number of carbonyl (C=O) groups is 1. The first-order valence-corrected chi connectivity index (χ1v) is 8.99. The topological polar surface area (TPSA) is 47.6 Å². The van der Waals surface area contributed by atoms with Crippen LogP contribution in [0.25, 0.3) is 0 Å². The van der Waals surface area contributed by atoms with Gasteiger partial charge in [0.05, 0.1) is 13.5 Å². The van der Waals surface area contributed by atoms with Crippen molar-refractivity contribution in [2.24, 2.45) is 0 Å². The van der Waals surface area contributed by atoms with Crippen LogP contribution in [0, 0.1) is 5.82 Å². The van der Waals surface area contributed by atoms with E-state index in [4.69, 9.17) is 9.47 Å². The van der Waals surface area contributed by atoms with Crippen LogP contribution in [0.15, 0.2) is 72.8 Å². The average Bonchev–Trinajstić information content (AvgIpc) is 2.72. The molecule has 0 saturated heterocycles. The van der Waals surface area contributed by atoms with Gasteiger partial charge in [0.25, 0.3) is 0 Å². The minimum atomic E-state index is -0.471. The van der Waals surface area contributed by atoms with E-state index in [-0.39, 0.29) is 18.1 Å². The summed E-state index contributed by atoms with van der Waals surface area (Å²) in [5.41, 5.74) is 2.63. The van der Waals surface area contributed by atoms with Gasteiger partial charge in [-0.05, 0) is 41.0 Å². The molecular weight excluding hydrogens is 357 g/mol. The molecular formula is C23H22FNO3. The fourth-order valence-corrected chi connectivity index (χ4v) is 2.71. The van der Waals surface area contributed by atoms with Crippen LogP contribution in [-0.4, -0.2) is 13.0 Å². The Balaban J connectivity index is 1.46. The third-order valence-electron chi connectivity index (χ3n) is 4.24. The van der Waals surface area contributed by atoms with Crippen LogP contribution in [0.2, 0.25) is 0 Å². The molecule has 1 N–H and O–H groups in total. The number of hydrogen-bond acceptors (Lipinski definition) is 3. The maximum absolute atomic E-state index is 13.7. The Labute approximate surface area is 163 Å². The maximum atomic E-state index is 13.7. The zero-order valence-corrected chi connectivity index (χ0v) is 15.7. The average molecular weight is 379 g/mol. The van der Waals surface area contributed by atoms with E-state index in [9.17, 15) is 9.18 Å². The van der Waals surface area contributed by atoms with Crippen molar-refractivity contribution in [2.45, 2.75) is 19.6 Å². The number of ether oxygens (including phenoxy) is 2. The van der Waals surface area contributed by atoms with E-state index in [0.29, 0.717) is 18.7 Å². The first-order chi connectivity index (χ1) is 13.6. The Hall–Kier alpha value is -3.34. The summed E-state index contributed by atoms with van der Waals surface area (Å²) in [6.07, 6.45) is 0.115. The molecule has 3 aromatic carbocycles. The number of nitrogens with one attached hydrogen (secondary N) is 1. The lowest BCUT2D eigenvalue weighted by atomic mass is 10.1. The van der Waals surface area contributed by atoms with Crippen LogP contribution in [0.1, 0.15) is 16.7 Å². The van der Waals surface area contributed by atoms with Crippen molar-refractivity contribution in [3.63, 3.8) is 0 Å². The predicted molar refractivity (Wildman–Crippen MR) is 106 cm³/mol. The Morgan fingerprint density at radius 3 is 2.29 bits per heavy atom. The summed E-state index contributed by atoms with van der Waals surface area (Å²) in [5, 5.41) is 2.85. The molecule has 3 aromatic rings. The predicted octanol–water partition coefficient (Wildman–Crippen LogP) is 4.27. The molecule has 0 bridgehead atoms. The van der Waals surface area contributed by atoms with E-state index in [1.54, 1.807) is 6.07 Å². The van der Waals surface area contributed by atoms with Crippen LogP contribution in [-0.2, 0) is 24.4 Å². The number of carbonyl (C=O) groups excluding carboxylic acids is 1. The molecule has 0 spiro atoms. The second-order valence-electron chi connectivity index (χ2n) is 6.34. The van der Waals surface area contributed by atoms with Crippen molar-refractivity contribution in [3.8, 4) is 11.5 Å². The van der Waals surface area contributed by atoms with E-state index in [1.807, 2.05) is 54.6 Å². The van der Waals surface area contributed by atoms with Crippen LogP contribution in [0.4, 0.5) is 4.39 Å². The highest BCUT2D eigenvalue weighted by Crippen LogP contribution is 2.18. The van der Waals surface area contributed by atoms with E-state index >= 15 is 0 Å². The van der Waals surface area contributed by atoms with Crippen LogP contribution >= 0.6 is 0 Å². The molecule has 4 nitrogen and oxygen atoms in total. The Bertz CT molecular complexity index is 911. The summed E-state index contributed by atoms with van der Waals surface area (Å²) >= 11 is 0. The van der Waals surface area contributed by atoms with Crippen molar-refractivity contribution in [1.82, 2.24) is 5.32 Å². The summed E-state index contributed by atoms with van der Waals surface area (Å²) in [6.45, 7) is 0.900. The zero-order chi connectivity index (χ0) is 19.8. The third-order valence-corrected chi connectivity index (χ3v) is 4.24. The summed E-state index contributed by atoms with van der Waals surface area (Å²) in [4.78, 5) is 12.1.